The predicted octanol–water partition coefficient (Wildman–Crippen LogP) is 2.21. The van der Waals surface area contributed by atoms with Crippen LogP contribution in [0.3, 0.4) is 0 Å². The summed E-state index contributed by atoms with van der Waals surface area (Å²) in [5.74, 6) is 1.40. The highest BCUT2D eigenvalue weighted by Crippen LogP contribution is 2.19. The van der Waals surface area contributed by atoms with Crippen LogP contribution in [-0.2, 0) is 13.0 Å². The Morgan fingerprint density at radius 3 is 3.15 bits per heavy atom. The zero-order valence-electron chi connectivity index (χ0n) is 11.7. The number of carbonyl (C=O) groups excluding carboxylic acids is 1. The van der Waals surface area contributed by atoms with Crippen LogP contribution in [0.15, 0.2) is 17.8 Å². The molecule has 1 aliphatic rings. The summed E-state index contributed by atoms with van der Waals surface area (Å²) in [5, 5.41) is 5.93. The average molecular weight is 290 g/mol. The SMILES string of the molecule is CC(C)c1nc(C(=O)N[C@H]2CCc3nccn3C2)cs1. The summed E-state index contributed by atoms with van der Waals surface area (Å²) >= 11 is 1.55. The first-order valence-corrected chi connectivity index (χ1v) is 7.77. The first-order valence-electron chi connectivity index (χ1n) is 6.90. The van der Waals surface area contributed by atoms with E-state index in [2.05, 4.69) is 33.7 Å². The molecule has 0 unspecified atom stereocenters. The molecule has 3 heterocycles. The number of amides is 1. The standard InChI is InChI=1S/C14H18N4OS/c1-9(2)14-17-11(8-20-14)13(19)16-10-3-4-12-15-5-6-18(12)7-10/h5-6,8-10H,3-4,7H2,1-2H3,(H,16,19)/t10-/m0/s1. The Morgan fingerprint density at radius 1 is 1.55 bits per heavy atom. The van der Waals surface area contributed by atoms with E-state index in [-0.39, 0.29) is 11.9 Å². The van der Waals surface area contributed by atoms with E-state index >= 15 is 0 Å². The van der Waals surface area contributed by atoms with Gasteiger partial charge in [-0.25, -0.2) is 9.97 Å². The summed E-state index contributed by atoms with van der Waals surface area (Å²) in [6.07, 6.45) is 5.62. The van der Waals surface area contributed by atoms with Crippen LogP contribution in [-0.4, -0.2) is 26.5 Å². The van der Waals surface area contributed by atoms with Gasteiger partial charge < -0.3 is 9.88 Å². The van der Waals surface area contributed by atoms with Gasteiger partial charge in [-0.2, -0.15) is 0 Å². The summed E-state index contributed by atoms with van der Waals surface area (Å²) in [6.45, 7) is 4.96. The fourth-order valence-corrected chi connectivity index (χ4v) is 3.22. The Balaban J connectivity index is 1.64. The number of hydrogen-bond acceptors (Lipinski definition) is 4. The third-order valence-electron chi connectivity index (χ3n) is 3.52. The lowest BCUT2D eigenvalue weighted by Gasteiger charge is -2.24. The first kappa shape index (κ1) is 13.3. The number of fused-ring (bicyclic) bond motifs is 1. The van der Waals surface area contributed by atoms with E-state index in [9.17, 15) is 4.79 Å². The molecule has 0 saturated heterocycles. The van der Waals surface area contributed by atoms with E-state index < -0.39 is 0 Å². The van der Waals surface area contributed by atoms with Crippen molar-refractivity contribution in [3.63, 3.8) is 0 Å². The fourth-order valence-electron chi connectivity index (χ4n) is 2.40. The highest BCUT2D eigenvalue weighted by molar-refractivity contribution is 7.09. The monoisotopic (exact) mass is 290 g/mol. The minimum atomic E-state index is -0.0679. The summed E-state index contributed by atoms with van der Waals surface area (Å²) in [4.78, 5) is 20.9. The van der Waals surface area contributed by atoms with Crippen molar-refractivity contribution in [2.45, 2.75) is 45.2 Å². The number of carbonyl (C=O) groups is 1. The van der Waals surface area contributed by atoms with Gasteiger partial charge in [0.05, 0.1) is 5.01 Å². The van der Waals surface area contributed by atoms with Crippen LogP contribution in [0.5, 0.6) is 0 Å². The molecular weight excluding hydrogens is 272 g/mol. The molecule has 0 saturated carbocycles. The molecule has 1 atom stereocenters. The quantitative estimate of drug-likeness (QED) is 0.943. The molecule has 3 rings (SSSR count). The van der Waals surface area contributed by atoms with E-state index in [1.165, 1.54) is 0 Å². The van der Waals surface area contributed by atoms with Gasteiger partial charge in [-0.05, 0) is 6.42 Å². The van der Waals surface area contributed by atoms with E-state index in [0.29, 0.717) is 11.6 Å². The lowest BCUT2D eigenvalue weighted by atomic mass is 10.1. The van der Waals surface area contributed by atoms with Crippen LogP contribution >= 0.6 is 11.3 Å². The number of rotatable bonds is 3. The molecule has 5 nitrogen and oxygen atoms in total. The van der Waals surface area contributed by atoms with Crippen LogP contribution in [0.25, 0.3) is 0 Å². The van der Waals surface area contributed by atoms with Crippen molar-refractivity contribution in [3.05, 3.63) is 34.3 Å². The van der Waals surface area contributed by atoms with Crippen LogP contribution in [0.4, 0.5) is 0 Å². The Morgan fingerprint density at radius 2 is 2.40 bits per heavy atom. The third kappa shape index (κ3) is 2.60. The number of hydrogen-bond donors (Lipinski definition) is 1. The minimum absolute atomic E-state index is 0.0679. The molecular formula is C14H18N4OS. The smallest absolute Gasteiger partial charge is 0.271 e. The van der Waals surface area contributed by atoms with Gasteiger partial charge in [-0.1, -0.05) is 13.8 Å². The number of nitrogens with one attached hydrogen (secondary N) is 1. The molecule has 0 spiro atoms. The Labute approximate surface area is 122 Å². The highest BCUT2D eigenvalue weighted by atomic mass is 32.1. The molecule has 2 aromatic heterocycles. The zero-order valence-corrected chi connectivity index (χ0v) is 12.5. The van der Waals surface area contributed by atoms with Crippen LogP contribution in [0.1, 0.15) is 47.5 Å². The largest absolute Gasteiger partial charge is 0.346 e. The lowest BCUT2D eigenvalue weighted by Crippen LogP contribution is -2.41. The van der Waals surface area contributed by atoms with E-state index in [4.69, 9.17) is 0 Å². The van der Waals surface area contributed by atoms with Crippen molar-refractivity contribution >= 4 is 17.2 Å². The van der Waals surface area contributed by atoms with Crippen molar-refractivity contribution in [2.24, 2.45) is 0 Å². The topological polar surface area (TPSA) is 59.8 Å². The molecule has 0 radical (unpaired) electrons. The molecule has 0 bridgehead atoms. The third-order valence-corrected chi connectivity index (χ3v) is 4.66. The second-order valence-corrected chi connectivity index (χ2v) is 6.32. The number of aryl methyl sites for hydroxylation is 1. The molecule has 106 valence electrons. The van der Waals surface area contributed by atoms with Crippen molar-refractivity contribution in [3.8, 4) is 0 Å². The average Bonchev–Trinajstić information content (AvgIpc) is 3.07. The second-order valence-electron chi connectivity index (χ2n) is 5.43. The van der Waals surface area contributed by atoms with Crippen molar-refractivity contribution < 1.29 is 4.79 Å². The molecule has 0 fully saturated rings. The summed E-state index contributed by atoms with van der Waals surface area (Å²) in [5.41, 5.74) is 0.537. The Hall–Kier alpha value is -1.69. The molecule has 20 heavy (non-hydrogen) atoms. The minimum Gasteiger partial charge on any atom is -0.346 e. The lowest BCUT2D eigenvalue weighted by molar-refractivity contribution is 0.0923. The van der Waals surface area contributed by atoms with Crippen molar-refractivity contribution in [2.75, 3.05) is 0 Å². The molecule has 1 N–H and O–H groups in total. The zero-order chi connectivity index (χ0) is 14.1. The van der Waals surface area contributed by atoms with Crippen LogP contribution in [0.2, 0.25) is 0 Å². The summed E-state index contributed by atoms with van der Waals surface area (Å²) in [7, 11) is 0. The van der Waals surface area contributed by atoms with Crippen molar-refractivity contribution in [1.82, 2.24) is 19.9 Å². The van der Waals surface area contributed by atoms with Gasteiger partial charge in [-0.15, -0.1) is 11.3 Å². The van der Waals surface area contributed by atoms with Gasteiger partial charge in [0.25, 0.3) is 5.91 Å². The van der Waals surface area contributed by atoms with Gasteiger partial charge in [0, 0.05) is 42.7 Å². The number of aromatic nitrogens is 3. The van der Waals surface area contributed by atoms with E-state index in [1.807, 2.05) is 17.8 Å². The maximum Gasteiger partial charge on any atom is 0.271 e. The predicted molar refractivity (Wildman–Crippen MR) is 78.0 cm³/mol. The second kappa shape index (κ2) is 5.36. The number of nitrogens with zero attached hydrogens (tertiary/aromatic N) is 3. The number of thiazole rings is 1. The molecule has 6 heteroatoms. The summed E-state index contributed by atoms with van der Waals surface area (Å²) in [6, 6.07) is 0.161. The maximum atomic E-state index is 12.2. The van der Waals surface area contributed by atoms with Gasteiger partial charge >= 0.3 is 0 Å². The van der Waals surface area contributed by atoms with Gasteiger partial charge in [0.1, 0.15) is 11.5 Å². The molecule has 1 amide bonds. The molecule has 0 aromatic carbocycles. The fraction of sp³-hybridized carbons (Fsp3) is 0.500. The van der Waals surface area contributed by atoms with Gasteiger partial charge in [-0.3, -0.25) is 4.79 Å². The number of imidazole rings is 1. The Bertz CT molecular complexity index is 616. The summed E-state index contributed by atoms with van der Waals surface area (Å²) < 4.78 is 2.11. The van der Waals surface area contributed by atoms with Crippen LogP contribution in [0, 0.1) is 0 Å². The van der Waals surface area contributed by atoms with Crippen LogP contribution < -0.4 is 5.32 Å². The van der Waals surface area contributed by atoms with Gasteiger partial charge in [0.2, 0.25) is 0 Å². The van der Waals surface area contributed by atoms with Crippen molar-refractivity contribution in [1.29, 1.82) is 0 Å². The first-order chi connectivity index (χ1) is 9.63. The van der Waals surface area contributed by atoms with E-state index in [0.717, 1.165) is 30.2 Å². The Kier molecular flexibility index (Phi) is 3.56. The van der Waals surface area contributed by atoms with Gasteiger partial charge in [0.15, 0.2) is 0 Å². The molecule has 0 aliphatic carbocycles. The van der Waals surface area contributed by atoms with E-state index in [1.54, 1.807) is 11.3 Å². The highest BCUT2D eigenvalue weighted by Gasteiger charge is 2.22. The molecule has 1 aliphatic heterocycles. The normalized spacial score (nSPS) is 18.1. The maximum absolute atomic E-state index is 12.2. The molecule has 2 aromatic rings.